The maximum absolute atomic E-state index is 12.0. The van der Waals surface area contributed by atoms with Crippen LogP contribution in [0.1, 0.15) is 11.4 Å². The van der Waals surface area contributed by atoms with E-state index in [0.717, 1.165) is 22.6 Å². The summed E-state index contributed by atoms with van der Waals surface area (Å²) in [4.78, 5) is 19.2. The van der Waals surface area contributed by atoms with Gasteiger partial charge in [-0.25, -0.2) is 4.98 Å². The highest BCUT2D eigenvalue weighted by atomic mass is 35.5. The topological polar surface area (TPSA) is 62.4 Å². The predicted molar refractivity (Wildman–Crippen MR) is 83.1 cm³/mol. The van der Waals surface area contributed by atoms with Gasteiger partial charge in [-0.15, -0.1) is 0 Å². The molecule has 0 unspecified atom stereocenters. The van der Waals surface area contributed by atoms with E-state index >= 15 is 0 Å². The minimum Gasteiger partial charge on any atom is -0.336 e. The SMILES string of the molecule is O=c1[nH]c(C[NH2+]Cc2ccccc2Cl)nc2ccccc12. The molecule has 0 atom stereocenters. The number of nitrogens with one attached hydrogen (secondary N) is 1. The van der Waals surface area contributed by atoms with Gasteiger partial charge < -0.3 is 10.3 Å². The Kier molecular flexibility index (Phi) is 3.99. The molecule has 21 heavy (non-hydrogen) atoms. The Balaban J connectivity index is 1.74. The number of halogens is 1. The first-order chi connectivity index (χ1) is 10.2. The summed E-state index contributed by atoms with van der Waals surface area (Å²) in [5.41, 5.74) is 1.70. The summed E-state index contributed by atoms with van der Waals surface area (Å²) < 4.78 is 0. The molecule has 1 aromatic heterocycles. The van der Waals surface area contributed by atoms with Gasteiger partial charge in [-0.2, -0.15) is 0 Å². The van der Waals surface area contributed by atoms with Gasteiger partial charge in [0.25, 0.3) is 5.56 Å². The van der Waals surface area contributed by atoms with E-state index in [9.17, 15) is 4.79 Å². The van der Waals surface area contributed by atoms with Gasteiger partial charge in [-0.05, 0) is 18.2 Å². The molecule has 3 aromatic rings. The van der Waals surface area contributed by atoms with Gasteiger partial charge in [-0.1, -0.05) is 41.9 Å². The minimum atomic E-state index is -0.0956. The summed E-state index contributed by atoms with van der Waals surface area (Å²) in [7, 11) is 0. The van der Waals surface area contributed by atoms with Crippen molar-refractivity contribution < 1.29 is 5.32 Å². The molecule has 0 aliphatic heterocycles. The van der Waals surface area contributed by atoms with Crippen molar-refractivity contribution in [3.8, 4) is 0 Å². The van der Waals surface area contributed by atoms with Gasteiger partial charge in [-0.3, -0.25) is 4.79 Å². The lowest BCUT2D eigenvalue weighted by Gasteiger charge is -2.04. The molecule has 2 aromatic carbocycles. The molecule has 3 N–H and O–H groups in total. The molecule has 4 nitrogen and oxygen atoms in total. The Morgan fingerprint density at radius 2 is 1.81 bits per heavy atom. The number of para-hydroxylation sites is 1. The smallest absolute Gasteiger partial charge is 0.258 e. The monoisotopic (exact) mass is 300 g/mol. The molecule has 5 heteroatoms. The van der Waals surface area contributed by atoms with Crippen LogP contribution in [0.2, 0.25) is 5.02 Å². The van der Waals surface area contributed by atoms with Crippen LogP contribution in [0.5, 0.6) is 0 Å². The number of aromatic amines is 1. The third kappa shape index (κ3) is 3.12. The van der Waals surface area contributed by atoms with Gasteiger partial charge in [0.15, 0.2) is 5.82 Å². The predicted octanol–water partition coefficient (Wildman–Crippen LogP) is 1.84. The molecular formula is C16H15ClN3O+. The van der Waals surface area contributed by atoms with Crippen molar-refractivity contribution in [2.24, 2.45) is 0 Å². The molecule has 0 fully saturated rings. The average molecular weight is 301 g/mol. The molecule has 0 saturated heterocycles. The minimum absolute atomic E-state index is 0.0956. The number of benzene rings is 2. The van der Waals surface area contributed by atoms with Crippen molar-refractivity contribution in [2.45, 2.75) is 13.1 Å². The highest BCUT2D eigenvalue weighted by Crippen LogP contribution is 2.13. The van der Waals surface area contributed by atoms with E-state index in [1.54, 1.807) is 6.07 Å². The maximum atomic E-state index is 12.0. The quantitative estimate of drug-likeness (QED) is 0.772. The summed E-state index contributed by atoms with van der Waals surface area (Å²) in [6.45, 7) is 1.35. The molecule has 0 radical (unpaired) electrons. The number of quaternary nitrogens is 1. The van der Waals surface area contributed by atoms with Gasteiger partial charge in [0.05, 0.1) is 10.9 Å². The summed E-state index contributed by atoms with van der Waals surface area (Å²) in [6.07, 6.45) is 0. The number of fused-ring (bicyclic) bond motifs is 1. The zero-order chi connectivity index (χ0) is 14.7. The number of nitrogens with zero attached hydrogens (tertiary/aromatic N) is 1. The largest absolute Gasteiger partial charge is 0.336 e. The van der Waals surface area contributed by atoms with E-state index in [2.05, 4.69) is 15.3 Å². The summed E-state index contributed by atoms with van der Waals surface area (Å²) >= 11 is 6.12. The summed E-state index contributed by atoms with van der Waals surface area (Å²) in [5, 5.41) is 3.44. The van der Waals surface area contributed by atoms with Crippen molar-refractivity contribution in [2.75, 3.05) is 0 Å². The summed E-state index contributed by atoms with van der Waals surface area (Å²) in [5.74, 6) is 0.672. The number of hydrogen-bond donors (Lipinski definition) is 2. The molecule has 0 saturated carbocycles. The highest BCUT2D eigenvalue weighted by molar-refractivity contribution is 6.31. The Morgan fingerprint density at radius 3 is 2.67 bits per heavy atom. The second-order valence-corrected chi connectivity index (χ2v) is 5.23. The zero-order valence-electron chi connectivity index (χ0n) is 11.3. The number of hydrogen-bond acceptors (Lipinski definition) is 2. The molecule has 0 spiro atoms. The lowest BCUT2D eigenvalue weighted by atomic mass is 10.2. The normalized spacial score (nSPS) is 10.9. The second-order valence-electron chi connectivity index (χ2n) is 4.82. The Labute approximate surface area is 126 Å². The Hall–Kier alpha value is -2.17. The van der Waals surface area contributed by atoms with E-state index in [-0.39, 0.29) is 5.56 Å². The van der Waals surface area contributed by atoms with Crippen LogP contribution in [0, 0.1) is 0 Å². The van der Waals surface area contributed by atoms with E-state index in [1.807, 2.05) is 42.5 Å². The first-order valence-corrected chi connectivity index (χ1v) is 7.15. The molecule has 106 valence electrons. The molecule has 3 rings (SSSR count). The fourth-order valence-electron chi connectivity index (χ4n) is 2.26. The molecule has 0 amide bonds. The number of rotatable bonds is 4. The van der Waals surface area contributed by atoms with E-state index in [4.69, 9.17) is 11.6 Å². The molecule has 0 bridgehead atoms. The van der Waals surface area contributed by atoms with E-state index in [1.165, 1.54) is 0 Å². The molecule has 0 aliphatic rings. The van der Waals surface area contributed by atoms with Crippen LogP contribution in [-0.2, 0) is 13.1 Å². The van der Waals surface area contributed by atoms with E-state index in [0.29, 0.717) is 17.8 Å². The van der Waals surface area contributed by atoms with Crippen LogP contribution < -0.4 is 10.9 Å². The second kappa shape index (κ2) is 6.08. The van der Waals surface area contributed by atoms with Gasteiger partial charge in [0, 0.05) is 10.6 Å². The number of nitrogens with two attached hydrogens (primary N) is 1. The molecular weight excluding hydrogens is 286 g/mol. The first kappa shape index (κ1) is 13.8. The van der Waals surface area contributed by atoms with Gasteiger partial charge in [0.2, 0.25) is 0 Å². The Bertz CT molecular complexity index is 829. The number of H-pyrrole nitrogens is 1. The third-order valence-electron chi connectivity index (χ3n) is 3.32. The molecule has 0 aliphatic carbocycles. The van der Waals surface area contributed by atoms with Crippen LogP contribution in [0.4, 0.5) is 0 Å². The first-order valence-electron chi connectivity index (χ1n) is 6.77. The van der Waals surface area contributed by atoms with Gasteiger partial charge >= 0.3 is 0 Å². The fraction of sp³-hybridized carbons (Fsp3) is 0.125. The third-order valence-corrected chi connectivity index (χ3v) is 3.69. The van der Waals surface area contributed by atoms with Crippen LogP contribution in [-0.4, -0.2) is 9.97 Å². The van der Waals surface area contributed by atoms with Crippen molar-refractivity contribution >= 4 is 22.5 Å². The van der Waals surface area contributed by atoms with Crippen LogP contribution in [0.15, 0.2) is 53.3 Å². The maximum Gasteiger partial charge on any atom is 0.258 e. The van der Waals surface area contributed by atoms with Crippen molar-refractivity contribution in [3.05, 3.63) is 75.3 Å². The van der Waals surface area contributed by atoms with Crippen molar-refractivity contribution in [1.29, 1.82) is 0 Å². The number of aromatic nitrogens is 2. The van der Waals surface area contributed by atoms with Crippen molar-refractivity contribution in [3.63, 3.8) is 0 Å². The molecule has 1 heterocycles. The Morgan fingerprint density at radius 1 is 1.05 bits per heavy atom. The summed E-state index contributed by atoms with van der Waals surface area (Å²) in [6, 6.07) is 15.1. The lowest BCUT2D eigenvalue weighted by Crippen LogP contribution is -2.81. The zero-order valence-corrected chi connectivity index (χ0v) is 12.1. The van der Waals surface area contributed by atoms with Crippen LogP contribution in [0.3, 0.4) is 0 Å². The average Bonchev–Trinajstić information content (AvgIpc) is 2.49. The lowest BCUT2D eigenvalue weighted by molar-refractivity contribution is -0.687. The standard InChI is InChI=1S/C16H14ClN3O/c17-13-7-3-1-5-11(13)9-18-10-15-19-14-8-4-2-6-12(14)16(21)20-15/h1-8,18H,9-10H2,(H,19,20,21)/p+1. The highest BCUT2D eigenvalue weighted by Gasteiger charge is 2.05. The van der Waals surface area contributed by atoms with Crippen molar-refractivity contribution in [1.82, 2.24) is 9.97 Å². The van der Waals surface area contributed by atoms with Crippen LogP contribution >= 0.6 is 11.6 Å². The van der Waals surface area contributed by atoms with E-state index < -0.39 is 0 Å². The van der Waals surface area contributed by atoms with Gasteiger partial charge in [0.1, 0.15) is 13.1 Å². The fourth-order valence-corrected chi connectivity index (χ4v) is 2.47. The van der Waals surface area contributed by atoms with Crippen LogP contribution in [0.25, 0.3) is 10.9 Å².